The molecular weight excluding hydrogens is 360 g/mol. The van der Waals surface area contributed by atoms with Crippen LogP contribution >= 0.6 is 11.8 Å². The first-order valence-corrected chi connectivity index (χ1v) is 10.1. The second kappa shape index (κ2) is 13.5. The van der Waals surface area contributed by atoms with Gasteiger partial charge in [-0.15, -0.1) is 0 Å². The largest absolute Gasteiger partial charge is 0.493 e. The Bertz CT molecular complexity index is 545. The van der Waals surface area contributed by atoms with Crippen molar-refractivity contribution in [2.24, 2.45) is 4.99 Å². The fourth-order valence-corrected chi connectivity index (χ4v) is 2.67. The van der Waals surface area contributed by atoms with E-state index in [0.717, 1.165) is 31.6 Å². The summed E-state index contributed by atoms with van der Waals surface area (Å²) >= 11 is 1.83. The van der Waals surface area contributed by atoms with Gasteiger partial charge in [0.25, 0.3) is 0 Å². The summed E-state index contributed by atoms with van der Waals surface area (Å²) in [6.45, 7) is 0.752. The molecule has 0 heterocycles. The summed E-state index contributed by atoms with van der Waals surface area (Å²) in [5.74, 6) is 2.39. The average Bonchev–Trinajstić information content (AvgIpc) is 2.63. The summed E-state index contributed by atoms with van der Waals surface area (Å²) < 4.78 is 35.5. The van der Waals surface area contributed by atoms with Crippen LogP contribution in [0.25, 0.3) is 0 Å². The van der Waals surface area contributed by atoms with Crippen molar-refractivity contribution in [3.63, 3.8) is 0 Å². The number of rotatable bonds is 12. The van der Waals surface area contributed by atoms with Crippen molar-refractivity contribution in [3.8, 4) is 11.5 Å². The fraction of sp³-hybridized carbons (Fsp3) is 0.611. The second-order valence-electron chi connectivity index (χ2n) is 5.55. The Morgan fingerprint density at radius 2 is 2.08 bits per heavy atom. The average molecular weight is 390 g/mol. The van der Waals surface area contributed by atoms with Crippen molar-refractivity contribution in [1.29, 1.82) is 0 Å². The lowest BCUT2D eigenvalue weighted by Crippen LogP contribution is -2.37. The van der Waals surface area contributed by atoms with Gasteiger partial charge in [-0.25, -0.2) is 0 Å². The van der Waals surface area contributed by atoms with Gasteiger partial charge in [0.05, 0.1) is 6.61 Å². The lowest BCUT2D eigenvalue weighted by atomic mass is 10.2. The van der Waals surface area contributed by atoms with Gasteiger partial charge in [-0.2, -0.15) is 20.5 Å². The third-order valence-corrected chi connectivity index (χ3v) is 4.16. The molecule has 0 atom stereocenters. The molecule has 0 aromatic heterocycles. The number of thioether (sulfide) groups is 1. The number of halogens is 2. The van der Waals surface area contributed by atoms with E-state index in [1.807, 2.05) is 18.7 Å². The van der Waals surface area contributed by atoms with Crippen LogP contribution in [0.4, 0.5) is 8.78 Å². The van der Waals surface area contributed by atoms with E-state index in [2.05, 4.69) is 26.6 Å². The van der Waals surface area contributed by atoms with Gasteiger partial charge in [0.1, 0.15) is 11.5 Å². The maximum atomic E-state index is 12.7. The van der Waals surface area contributed by atoms with E-state index in [0.29, 0.717) is 30.4 Å². The Hall–Kier alpha value is -1.70. The Labute approximate surface area is 158 Å². The number of alkyl halides is 2. The number of hydrogen-bond donors (Lipinski definition) is 2. The van der Waals surface area contributed by atoms with Crippen molar-refractivity contribution in [1.82, 2.24) is 10.6 Å². The first-order valence-electron chi connectivity index (χ1n) is 8.74. The predicted molar refractivity (Wildman–Crippen MR) is 105 cm³/mol. The first kappa shape index (κ1) is 22.3. The minimum Gasteiger partial charge on any atom is -0.493 e. The number of unbranched alkanes of at least 4 members (excludes halogenated alkanes) is 1. The van der Waals surface area contributed by atoms with Crippen LogP contribution in [-0.2, 0) is 6.54 Å². The maximum absolute atomic E-state index is 12.7. The molecule has 0 saturated heterocycles. The molecule has 0 spiro atoms. The molecule has 5 nitrogen and oxygen atoms in total. The van der Waals surface area contributed by atoms with E-state index in [1.54, 1.807) is 19.2 Å². The molecule has 0 aliphatic heterocycles. The number of hydrogen-bond acceptors (Lipinski definition) is 4. The lowest BCUT2D eigenvalue weighted by molar-refractivity contribution is -0.0505. The van der Waals surface area contributed by atoms with Crippen molar-refractivity contribution in [2.75, 3.05) is 32.2 Å². The molecule has 1 rings (SSSR count). The molecule has 0 bridgehead atoms. The van der Waals surface area contributed by atoms with E-state index in [-0.39, 0.29) is 5.75 Å². The molecule has 8 heteroatoms. The smallest absolute Gasteiger partial charge is 0.387 e. The predicted octanol–water partition coefficient (Wildman–Crippen LogP) is 3.89. The highest BCUT2D eigenvalue weighted by Crippen LogP contribution is 2.26. The molecule has 1 aromatic carbocycles. The van der Waals surface area contributed by atoms with Crippen LogP contribution in [0.3, 0.4) is 0 Å². The lowest BCUT2D eigenvalue weighted by Gasteiger charge is -2.16. The molecule has 2 N–H and O–H groups in total. The molecule has 0 fully saturated rings. The van der Waals surface area contributed by atoms with Gasteiger partial charge >= 0.3 is 6.61 Å². The van der Waals surface area contributed by atoms with Gasteiger partial charge in [-0.3, -0.25) is 4.99 Å². The molecule has 0 saturated carbocycles. The molecule has 1 aromatic rings. The molecule has 0 aliphatic carbocycles. The van der Waals surface area contributed by atoms with Crippen LogP contribution in [0.15, 0.2) is 23.2 Å². The summed E-state index contributed by atoms with van der Waals surface area (Å²) in [5, 5.41) is 6.33. The number of nitrogens with zero attached hydrogens (tertiary/aromatic N) is 1. The Morgan fingerprint density at radius 1 is 1.27 bits per heavy atom. The van der Waals surface area contributed by atoms with E-state index in [1.165, 1.54) is 6.07 Å². The Morgan fingerprint density at radius 3 is 2.73 bits per heavy atom. The quantitative estimate of drug-likeness (QED) is 0.323. The standard InChI is InChI=1S/C18H29F2N3O2S/c1-4-10-24-15-8-7-14(16(12-15)25-17(19)20)13-23-18(21-2)22-9-5-6-11-26-3/h7-8,12,17H,4-6,9-11,13H2,1-3H3,(H2,21,22,23). The topological polar surface area (TPSA) is 54.9 Å². The van der Waals surface area contributed by atoms with Crippen molar-refractivity contribution >= 4 is 17.7 Å². The molecule has 0 aliphatic rings. The molecule has 26 heavy (non-hydrogen) atoms. The Kier molecular flexibility index (Phi) is 11.6. The van der Waals surface area contributed by atoms with Gasteiger partial charge in [0, 0.05) is 31.8 Å². The molecule has 0 unspecified atom stereocenters. The molecule has 148 valence electrons. The third-order valence-electron chi connectivity index (χ3n) is 3.47. The van der Waals surface area contributed by atoms with E-state index < -0.39 is 6.61 Å². The zero-order chi connectivity index (χ0) is 19.2. The van der Waals surface area contributed by atoms with Gasteiger partial charge in [-0.1, -0.05) is 6.92 Å². The van der Waals surface area contributed by atoms with Crippen LogP contribution < -0.4 is 20.1 Å². The summed E-state index contributed by atoms with van der Waals surface area (Å²) in [4.78, 5) is 4.15. The summed E-state index contributed by atoms with van der Waals surface area (Å²) in [5.41, 5.74) is 0.611. The van der Waals surface area contributed by atoms with E-state index in [4.69, 9.17) is 4.74 Å². The molecular formula is C18H29F2N3O2S. The highest BCUT2D eigenvalue weighted by atomic mass is 32.2. The number of ether oxygens (including phenoxy) is 2. The third kappa shape index (κ3) is 9.12. The Balaban J connectivity index is 2.62. The fourth-order valence-electron chi connectivity index (χ4n) is 2.17. The molecule has 0 radical (unpaired) electrons. The number of benzene rings is 1. The van der Waals surface area contributed by atoms with Gasteiger partial charge in [0.2, 0.25) is 0 Å². The minimum atomic E-state index is -2.89. The van der Waals surface area contributed by atoms with Crippen molar-refractivity contribution in [3.05, 3.63) is 23.8 Å². The normalized spacial score (nSPS) is 11.5. The zero-order valence-electron chi connectivity index (χ0n) is 15.7. The first-order chi connectivity index (χ1) is 12.6. The van der Waals surface area contributed by atoms with Crippen LogP contribution in [0, 0.1) is 0 Å². The van der Waals surface area contributed by atoms with Crippen LogP contribution in [0.2, 0.25) is 0 Å². The van der Waals surface area contributed by atoms with Crippen LogP contribution in [0.5, 0.6) is 11.5 Å². The van der Waals surface area contributed by atoms with Crippen LogP contribution in [-0.4, -0.2) is 44.8 Å². The summed E-state index contributed by atoms with van der Waals surface area (Å²) in [7, 11) is 1.68. The maximum Gasteiger partial charge on any atom is 0.387 e. The highest BCUT2D eigenvalue weighted by Gasteiger charge is 2.12. The summed E-state index contributed by atoms with van der Waals surface area (Å²) in [6, 6.07) is 4.97. The van der Waals surface area contributed by atoms with Crippen molar-refractivity contribution in [2.45, 2.75) is 39.3 Å². The number of guanidine groups is 1. The SMILES string of the molecule is CCCOc1ccc(CNC(=NC)NCCCCSC)c(OC(F)F)c1. The highest BCUT2D eigenvalue weighted by molar-refractivity contribution is 7.98. The monoisotopic (exact) mass is 389 g/mol. The zero-order valence-corrected chi connectivity index (χ0v) is 16.5. The second-order valence-corrected chi connectivity index (χ2v) is 6.53. The molecule has 0 amide bonds. The van der Waals surface area contributed by atoms with Crippen molar-refractivity contribution < 1.29 is 18.3 Å². The van der Waals surface area contributed by atoms with Gasteiger partial charge < -0.3 is 20.1 Å². The van der Waals surface area contributed by atoms with Crippen LogP contribution in [0.1, 0.15) is 31.7 Å². The van der Waals surface area contributed by atoms with E-state index in [9.17, 15) is 8.78 Å². The summed E-state index contributed by atoms with van der Waals surface area (Å²) in [6.07, 6.45) is 5.11. The van der Waals surface area contributed by atoms with Gasteiger partial charge in [0.15, 0.2) is 5.96 Å². The number of aliphatic imine (C=N–C) groups is 1. The van der Waals surface area contributed by atoms with Gasteiger partial charge in [-0.05, 0) is 43.4 Å². The minimum absolute atomic E-state index is 0.108. The van der Waals surface area contributed by atoms with E-state index >= 15 is 0 Å². The number of nitrogens with one attached hydrogen (secondary N) is 2.